The maximum atomic E-state index is 12.3. The van der Waals surface area contributed by atoms with Crippen LogP contribution in [0, 0.1) is 0 Å². The van der Waals surface area contributed by atoms with Crippen molar-refractivity contribution in [3.63, 3.8) is 0 Å². The fourth-order valence-electron chi connectivity index (χ4n) is 1.95. The fraction of sp³-hybridized carbons (Fsp3) is 0.462. The Bertz CT molecular complexity index is 496. The number of halogens is 3. The van der Waals surface area contributed by atoms with Crippen LogP contribution >= 0.6 is 11.6 Å². The quantitative estimate of drug-likeness (QED) is 0.927. The lowest BCUT2D eigenvalue weighted by Gasteiger charge is -2.27. The minimum atomic E-state index is -2.93. The molecular formula is C13H15ClF2N2O3. The SMILES string of the molecule is O=C(NCc1cc(Cl)ccc1OC(F)F)N1CCOCC1. The number of nitrogens with one attached hydrogen (secondary N) is 1. The van der Waals surface area contributed by atoms with E-state index >= 15 is 0 Å². The van der Waals surface area contributed by atoms with Crippen LogP contribution in [0.5, 0.6) is 5.75 Å². The first kappa shape index (κ1) is 15.8. The van der Waals surface area contributed by atoms with Crippen molar-refractivity contribution in [2.75, 3.05) is 26.3 Å². The lowest BCUT2D eigenvalue weighted by molar-refractivity contribution is -0.0504. The molecule has 1 aliphatic heterocycles. The van der Waals surface area contributed by atoms with Gasteiger partial charge in [0.15, 0.2) is 0 Å². The van der Waals surface area contributed by atoms with Crippen molar-refractivity contribution in [1.82, 2.24) is 10.2 Å². The van der Waals surface area contributed by atoms with E-state index in [4.69, 9.17) is 16.3 Å². The molecule has 2 rings (SSSR count). The highest BCUT2D eigenvalue weighted by atomic mass is 35.5. The molecule has 116 valence electrons. The summed E-state index contributed by atoms with van der Waals surface area (Å²) in [5, 5.41) is 3.04. The van der Waals surface area contributed by atoms with Crippen LogP contribution in [-0.2, 0) is 11.3 Å². The molecule has 0 spiro atoms. The van der Waals surface area contributed by atoms with E-state index in [1.807, 2.05) is 0 Å². The normalized spacial score (nSPS) is 15.1. The second-order valence-corrected chi connectivity index (χ2v) is 4.83. The number of hydrogen-bond acceptors (Lipinski definition) is 3. The monoisotopic (exact) mass is 320 g/mol. The van der Waals surface area contributed by atoms with Gasteiger partial charge >= 0.3 is 12.6 Å². The molecule has 0 aromatic heterocycles. The second kappa shape index (κ2) is 7.42. The van der Waals surface area contributed by atoms with Crippen LogP contribution in [-0.4, -0.2) is 43.8 Å². The molecule has 0 unspecified atom stereocenters. The molecular weight excluding hydrogens is 306 g/mol. The van der Waals surface area contributed by atoms with E-state index in [9.17, 15) is 13.6 Å². The van der Waals surface area contributed by atoms with Gasteiger partial charge in [-0.25, -0.2) is 4.79 Å². The zero-order chi connectivity index (χ0) is 15.2. The Morgan fingerprint density at radius 3 is 2.81 bits per heavy atom. The summed E-state index contributed by atoms with van der Waals surface area (Å²) in [7, 11) is 0. The molecule has 0 saturated carbocycles. The minimum absolute atomic E-state index is 0.00308. The van der Waals surface area contributed by atoms with Gasteiger partial charge in [0.25, 0.3) is 0 Å². The number of hydrogen-bond donors (Lipinski definition) is 1. The zero-order valence-electron chi connectivity index (χ0n) is 11.2. The Morgan fingerprint density at radius 1 is 1.43 bits per heavy atom. The van der Waals surface area contributed by atoms with Gasteiger partial charge in [-0.15, -0.1) is 0 Å². The molecule has 0 atom stereocenters. The molecule has 0 bridgehead atoms. The standard InChI is InChI=1S/C13H15ClF2N2O3/c14-10-1-2-11(21-12(15)16)9(7-10)8-17-13(19)18-3-5-20-6-4-18/h1-2,7,12H,3-6,8H2,(H,17,19). The number of morpholine rings is 1. The van der Waals surface area contributed by atoms with Crippen LogP contribution in [0.25, 0.3) is 0 Å². The largest absolute Gasteiger partial charge is 0.434 e. The van der Waals surface area contributed by atoms with Crippen LogP contribution in [0.4, 0.5) is 13.6 Å². The lowest BCUT2D eigenvalue weighted by atomic mass is 10.2. The Morgan fingerprint density at radius 2 is 2.14 bits per heavy atom. The van der Waals surface area contributed by atoms with Crippen molar-refractivity contribution in [3.05, 3.63) is 28.8 Å². The van der Waals surface area contributed by atoms with Crippen LogP contribution in [0.3, 0.4) is 0 Å². The third-order valence-corrected chi connectivity index (χ3v) is 3.20. The van der Waals surface area contributed by atoms with Crippen molar-refractivity contribution >= 4 is 17.6 Å². The lowest BCUT2D eigenvalue weighted by Crippen LogP contribution is -2.45. The van der Waals surface area contributed by atoms with E-state index < -0.39 is 6.61 Å². The molecule has 0 aliphatic carbocycles. The van der Waals surface area contributed by atoms with E-state index in [1.165, 1.54) is 18.2 Å². The first-order valence-corrected chi connectivity index (χ1v) is 6.78. The molecule has 5 nitrogen and oxygen atoms in total. The number of nitrogens with zero attached hydrogens (tertiary/aromatic N) is 1. The number of carbonyl (C=O) groups is 1. The molecule has 1 N–H and O–H groups in total. The average molecular weight is 321 g/mol. The smallest absolute Gasteiger partial charge is 0.387 e. The van der Waals surface area contributed by atoms with Gasteiger partial charge in [-0.3, -0.25) is 0 Å². The van der Waals surface area contributed by atoms with Gasteiger partial charge in [0.1, 0.15) is 5.75 Å². The summed E-state index contributed by atoms with van der Waals surface area (Å²) < 4.78 is 34.2. The first-order chi connectivity index (χ1) is 10.1. The van der Waals surface area contributed by atoms with Gasteiger partial charge in [0.2, 0.25) is 0 Å². The molecule has 8 heteroatoms. The average Bonchev–Trinajstić information content (AvgIpc) is 2.47. The number of urea groups is 1. The van der Waals surface area contributed by atoms with Crippen molar-refractivity contribution in [2.24, 2.45) is 0 Å². The third kappa shape index (κ3) is 4.71. The molecule has 21 heavy (non-hydrogen) atoms. The van der Waals surface area contributed by atoms with Gasteiger partial charge < -0.3 is 19.7 Å². The fourth-order valence-corrected chi connectivity index (χ4v) is 2.14. The minimum Gasteiger partial charge on any atom is -0.434 e. The van der Waals surface area contributed by atoms with E-state index in [0.717, 1.165) is 0 Å². The summed E-state index contributed by atoms with van der Waals surface area (Å²) in [6.07, 6.45) is 0. The van der Waals surface area contributed by atoms with Crippen molar-refractivity contribution in [2.45, 2.75) is 13.2 Å². The summed E-state index contributed by atoms with van der Waals surface area (Å²) in [5.41, 5.74) is 0.393. The number of rotatable bonds is 4. The zero-order valence-corrected chi connectivity index (χ0v) is 11.9. The summed E-state index contributed by atoms with van der Waals surface area (Å²) in [4.78, 5) is 13.5. The van der Waals surface area contributed by atoms with E-state index in [0.29, 0.717) is 36.9 Å². The Hall–Kier alpha value is -1.60. The molecule has 1 aliphatic rings. The highest BCUT2D eigenvalue weighted by Gasteiger charge is 2.17. The van der Waals surface area contributed by atoms with Crippen molar-refractivity contribution < 1.29 is 23.0 Å². The molecule has 1 aromatic carbocycles. The maximum absolute atomic E-state index is 12.3. The highest BCUT2D eigenvalue weighted by Crippen LogP contribution is 2.24. The summed E-state index contributed by atoms with van der Waals surface area (Å²) in [6.45, 7) is -0.892. The number of alkyl halides is 2. The van der Waals surface area contributed by atoms with Gasteiger partial charge in [-0.1, -0.05) is 11.6 Å². The highest BCUT2D eigenvalue weighted by molar-refractivity contribution is 6.30. The van der Waals surface area contributed by atoms with Crippen LogP contribution in [0.15, 0.2) is 18.2 Å². The summed E-state index contributed by atoms with van der Waals surface area (Å²) in [6, 6.07) is 4.01. The summed E-state index contributed by atoms with van der Waals surface area (Å²) in [5.74, 6) is -0.00308. The summed E-state index contributed by atoms with van der Waals surface area (Å²) >= 11 is 5.83. The molecule has 0 radical (unpaired) electrons. The van der Waals surface area contributed by atoms with Gasteiger partial charge in [0.05, 0.1) is 13.2 Å². The number of amides is 2. The Balaban J connectivity index is 1.97. The number of ether oxygens (including phenoxy) is 2. The Labute approximate surface area is 125 Å². The van der Waals surface area contributed by atoms with Crippen LogP contribution < -0.4 is 10.1 Å². The third-order valence-electron chi connectivity index (χ3n) is 2.97. The topological polar surface area (TPSA) is 50.8 Å². The van der Waals surface area contributed by atoms with Gasteiger partial charge in [-0.05, 0) is 18.2 Å². The molecule has 2 amide bonds. The van der Waals surface area contributed by atoms with Gasteiger partial charge in [-0.2, -0.15) is 8.78 Å². The predicted molar refractivity (Wildman–Crippen MR) is 72.7 cm³/mol. The van der Waals surface area contributed by atoms with Gasteiger partial charge in [0, 0.05) is 30.2 Å². The predicted octanol–water partition coefficient (Wildman–Crippen LogP) is 2.48. The first-order valence-electron chi connectivity index (χ1n) is 6.40. The van der Waals surface area contributed by atoms with Crippen LogP contribution in [0.2, 0.25) is 5.02 Å². The van der Waals surface area contributed by atoms with E-state index in [1.54, 1.807) is 4.90 Å². The molecule has 1 aromatic rings. The van der Waals surface area contributed by atoms with Crippen molar-refractivity contribution in [1.29, 1.82) is 0 Å². The maximum Gasteiger partial charge on any atom is 0.387 e. The van der Waals surface area contributed by atoms with E-state index in [2.05, 4.69) is 10.1 Å². The Kier molecular flexibility index (Phi) is 5.58. The second-order valence-electron chi connectivity index (χ2n) is 4.39. The molecule has 1 heterocycles. The number of carbonyl (C=O) groups excluding carboxylic acids is 1. The van der Waals surface area contributed by atoms with Crippen molar-refractivity contribution in [3.8, 4) is 5.75 Å². The molecule has 1 fully saturated rings. The molecule has 1 saturated heterocycles. The van der Waals surface area contributed by atoms with E-state index in [-0.39, 0.29) is 18.3 Å². The van der Waals surface area contributed by atoms with Crippen LogP contribution in [0.1, 0.15) is 5.56 Å². The number of benzene rings is 1.